The highest BCUT2D eigenvalue weighted by molar-refractivity contribution is 5.88. The van der Waals surface area contributed by atoms with Crippen LogP contribution in [-0.4, -0.2) is 28.8 Å². The molecule has 2 N–H and O–H groups in total. The lowest BCUT2D eigenvalue weighted by atomic mass is 9.70. The summed E-state index contributed by atoms with van der Waals surface area (Å²) in [5.41, 5.74) is 9.53. The number of aliphatic carboxylic acids is 1. The van der Waals surface area contributed by atoms with E-state index in [9.17, 15) is 19.8 Å². The molecule has 3 aromatic rings. The second kappa shape index (κ2) is 14.7. The van der Waals surface area contributed by atoms with Crippen molar-refractivity contribution in [3.8, 4) is 5.75 Å². The van der Waals surface area contributed by atoms with Crippen molar-refractivity contribution < 1.29 is 24.5 Å². The zero-order valence-electron chi connectivity index (χ0n) is 25.6. The van der Waals surface area contributed by atoms with E-state index in [1.807, 2.05) is 18.2 Å². The van der Waals surface area contributed by atoms with E-state index in [0.717, 1.165) is 62.7 Å². The molecule has 0 fully saturated rings. The predicted octanol–water partition coefficient (Wildman–Crippen LogP) is 8.51. The Balaban J connectivity index is 1.27. The van der Waals surface area contributed by atoms with Gasteiger partial charge in [-0.15, -0.1) is 0 Å². The summed E-state index contributed by atoms with van der Waals surface area (Å²) in [5, 5.41) is 18.8. The smallest absolute Gasteiger partial charge is 0.335 e. The summed E-state index contributed by atoms with van der Waals surface area (Å²) in [7, 11) is 0. The predicted molar refractivity (Wildman–Crippen MR) is 170 cm³/mol. The molecular weight excluding hydrogens is 536 g/mol. The Hall–Kier alpha value is -3.60. The molecule has 2 aliphatic carbocycles. The molecule has 2 atom stereocenters. The average molecular weight is 583 g/mol. The second-order valence-corrected chi connectivity index (χ2v) is 12.6. The Bertz CT molecular complexity index is 1420. The number of ether oxygens (including phenoxy) is 1. The summed E-state index contributed by atoms with van der Waals surface area (Å²) in [6.07, 6.45) is 13.6. The maximum absolute atomic E-state index is 11.7. The average Bonchev–Trinajstić information content (AvgIpc) is 3.00. The van der Waals surface area contributed by atoms with Crippen LogP contribution in [0.3, 0.4) is 0 Å². The van der Waals surface area contributed by atoms with Crippen LogP contribution in [0.15, 0.2) is 54.6 Å². The molecule has 0 amide bonds. The van der Waals surface area contributed by atoms with Gasteiger partial charge in [0, 0.05) is 12.8 Å². The Morgan fingerprint density at radius 3 is 2.47 bits per heavy atom. The number of hydrogen-bond acceptors (Lipinski definition) is 3. The summed E-state index contributed by atoms with van der Waals surface area (Å²) in [5.74, 6) is 0.0928. The number of carboxylic acid groups (broad SMARTS) is 2. The van der Waals surface area contributed by atoms with Crippen molar-refractivity contribution in [2.75, 3.05) is 6.61 Å². The normalized spacial score (nSPS) is 16.6. The van der Waals surface area contributed by atoms with Gasteiger partial charge in [-0.2, -0.15) is 0 Å². The number of aryl methyl sites for hydroxylation is 5. The van der Waals surface area contributed by atoms with Gasteiger partial charge >= 0.3 is 11.9 Å². The summed E-state index contributed by atoms with van der Waals surface area (Å²) in [6.45, 7) is 2.70. The molecule has 0 spiro atoms. The van der Waals surface area contributed by atoms with Gasteiger partial charge in [0.1, 0.15) is 5.75 Å². The summed E-state index contributed by atoms with van der Waals surface area (Å²) < 4.78 is 6.38. The molecule has 228 valence electrons. The molecule has 0 aliphatic heterocycles. The number of hydrogen-bond donors (Lipinski definition) is 2. The first-order valence-corrected chi connectivity index (χ1v) is 16.3. The number of fused-ring (bicyclic) bond motifs is 2. The van der Waals surface area contributed by atoms with Crippen LogP contribution in [0, 0.1) is 12.8 Å². The fraction of sp³-hybridized carbons (Fsp3) is 0.474. The lowest BCUT2D eigenvalue weighted by molar-refractivity contribution is -0.137. The highest BCUT2D eigenvalue weighted by atomic mass is 16.5. The van der Waals surface area contributed by atoms with Gasteiger partial charge in [0.05, 0.1) is 12.2 Å². The van der Waals surface area contributed by atoms with Crippen molar-refractivity contribution in [3.63, 3.8) is 0 Å². The molecular formula is C38H46O5. The largest absolute Gasteiger partial charge is 0.493 e. The lowest BCUT2D eigenvalue weighted by Crippen LogP contribution is -2.21. The number of aromatic carboxylic acids is 1. The lowest BCUT2D eigenvalue weighted by Gasteiger charge is -2.34. The van der Waals surface area contributed by atoms with Gasteiger partial charge < -0.3 is 14.9 Å². The summed E-state index contributed by atoms with van der Waals surface area (Å²) in [4.78, 5) is 22.9. The van der Waals surface area contributed by atoms with E-state index in [1.165, 1.54) is 59.1 Å². The van der Waals surface area contributed by atoms with Crippen molar-refractivity contribution in [3.05, 3.63) is 99.1 Å². The molecule has 0 saturated heterocycles. The highest BCUT2D eigenvalue weighted by Gasteiger charge is 2.30. The van der Waals surface area contributed by atoms with Crippen LogP contribution in [0.5, 0.6) is 5.75 Å². The van der Waals surface area contributed by atoms with Crippen LogP contribution in [-0.2, 0) is 36.9 Å². The number of carboxylic acids is 2. The van der Waals surface area contributed by atoms with Crippen LogP contribution in [0.4, 0.5) is 0 Å². The Kier molecular flexibility index (Phi) is 10.6. The van der Waals surface area contributed by atoms with Crippen LogP contribution >= 0.6 is 0 Å². The molecule has 0 saturated carbocycles. The first kappa shape index (κ1) is 30.8. The highest BCUT2D eigenvalue weighted by Crippen LogP contribution is 2.43. The Morgan fingerprint density at radius 1 is 0.860 bits per heavy atom. The van der Waals surface area contributed by atoms with Crippen LogP contribution in [0.25, 0.3) is 0 Å². The number of para-hydroxylation sites is 1. The third kappa shape index (κ3) is 8.07. The molecule has 2 aliphatic rings. The van der Waals surface area contributed by atoms with Crippen LogP contribution in [0.1, 0.15) is 113 Å². The maximum Gasteiger partial charge on any atom is 0.335 e. The molecule has 5 nitrogen and oxygen atoms in total. The van der Waals surface area contributed by atoms with Crippen molar-refractivity contribution in [1.29, 1.82) is 0 Å². The minimum absolute atomic E-state index is 0.204. The zero-order valence-corrected chi connectivity index (χ0v) is 25.6. The van der Waals surface area contributed by atoms with Gasteiger partial charge in [-0.3, -0.25) is 4.79 Å². The first-order chi connectivity index (χ1) is 20.9. The quantitative estimate of drug-likeness (QED) is 0.186. The van der Waals surface area contributed by atoms with Gasteiger partial charge in [-0.05, 0) is 147 Å². The maximum atomic E-state index is 11.7. The van der Waals surface area contributed by atoms with E-state index in [4.69, 9.17) is 4.74 Å². The van der Waals surface area contributed by atoms with Crippen molar-refractivity contribution >= 4 is 11.9 Å². The zero-order chi connectivity index (χ0) is 30.2. The van der Waals surface area contributed by atoms with E-state index in [0.29, 0.717) is 30.4 Å². The molecule has 0 heterocycles. The number of benzene rings is 3. The first-order valence-electron chi connectivity index (χ1n) is 16.3. The molecule has 3 aromatic carbocycles. The third-order valence-corrected chi connectivity index (χ3v) is 9.65. The van der Waals surface area contributed by atoms with Gasteiger partial charge in [0.25, 0.3) is 0 Å². The van der Waals surface area contributed by atoms with Gasteiger partial charge in [-0.1, -0.05) is 42.8 Å². The fourth-order valence-corrected chi connectivity index (χ4v) is 7.50. The number of carbonyl (C=O) groups is 2. The van der Waals surface area contributed by atoms with Crippen molar-refractivity contribution in [1.82, 2.24) is 0 Å². The third-order valence-electron chi connectivity index (χ3n) is 9.65. The molecule has 43 heavy (non-hydrogen) atoms. The van der Waals surface area contributed by atoms with E-state index in [-0.39, 0.29) is 6.42 Å². The van der Waals surface area contributed by atoms with E-state index in [2.05, 4.69) is 43.3 Å². The molecule has 5 heteroatoms. The van der Waals surface area contributed by atoms with Gasteiger partial charge in [0.2, 0.25) is 0 Å². The van der Waals surface area contributed by atoms with Crippen LogP contribution in [0.2, 0.25) is 0 Å². The minimum Gasteiger partial charge on any atom is -0.493 e. The Morgan fingerprint density at radius 2 is 1.65 bits per heavy atom. The Labute approximate surface area is 256 Å². The van der Waals surface area contributed by atoms with Gasteiger partial charge in [-0.25, -0.2) is 4.79 Å². The molecule has 0 aromatic heterocycles. The van der Waals surface area contributed by atoms with Crippen molar-refractivity contribution in [2.45, 2.75) is 103 Å². The number of rotatable bonds is 14. The molecule has 0 radical (unpaired) electrons. The van der Waals surface area contributed by atoms with E-state index in [1.54, 1.807) is 0 Å². The standard InChI is InChI=1S/C38H46O5/c1-26-23-33(38(41)42)25-32-13-8-14-34(37(26)32)29(10-5-7-16-36(39)40)19-20-30-11-4-6-15-35(30)43-22-21-27-17-18-28-9-2-3-12-31(28)24-27/h4,6,11,15,17-18,23-25,29,34H,2-3,5,7-10,12-14,16,19-22H2,1H3,(H,39,40)(H,41,42). The fourth-order valence-electron chi connectivity index (χ4n) is 7.50. The van der Waals surface area contributed by atoms with E-state index < -0.39 is 11.9 Å². The van der Waals surface area contributed by atoms with Crippen molar-refractivity contribution in [2.24, 2.45) is 5.92 Å². The SMILES string of the molecule is Cc1cc(C(=O)O)cc2c1C(C(CCCCC(=O)O)CCc1ccccc1OCCc1ccc3c(c1)CCCC3)CCC2. The second-order valence-electron chi connectivity index (χ2n) is 12.6. The summed E-state index contributed by atoms with van der Waals surface area (Å²) in [6, 6.07) is 19.0. The van der Waals surface area contributed by atoms with Gasteiger partial charge in [0.15, 0.2) is 0 Å². The molecule has 0 bridgehead atoms. The van der Waals surface area contributed by atoms with Crippen LogP contribution < -0.4 is 4.74 Å². The monoisotopic (exact) mass is 582 g/mol. The minimum atomic E-state index is -0.874. The summed E-state index contributed by atoms with van der Waals surface area (Å²) >= 11 is 0. The number of unbranched alkanes of at least 4 members (excludes halogenated alkanes) is 1. The topological polar surface area (TPSA) is 83.8 Å². The molecule has 5 rings (SSSR count). The van der Waals surface area contributed by atoms with E-state index >= 15 is 0 Å². The molecule has 2 unspecified atom stereocenters.